The molecule has 1 fully saturated rings. The molecule has 9 heteroatoms. The highest BCUT2D eigenvalue weighted by atomic mass is 32.1. The molecule has 4 rings (SSSR count). The van der Waals surface area contributed by atoms with Crippen LogP contribution in [0.3, 0.4) is 0 Å². The molecule has 0 bridgehead atoms. The molecule has 2 aromatic rings. The van der Waals surface area contributed by atoms with E-state index in [1.165, 1.54) is 9.80 Å². The Morgan fingerprint density at radius 2 is 1.96 bits per heavy atom. The zero-order valence-electron chi connectivity index (χ0n) is 14.2. The Labute approximate surface area is 158 Å². The summed E-state index contributed by atoms with van der Waals surface area (Å²) in [5.74, 6) is -2.60. The molecule has 0 spiro atoms. The number of piperazine rings is 1. The van der Waals surface area contributed by atoms with E-state index in [1.807, 2.05) is 22.9 Å². The highest BCUT2D eigenvalue weighted by Crippen LogP contribution is 2.31. The number of hydrogen-bond donors (Lipinski definition) is 2. The van der Waals surface area contributed by atoms with Crippen LogP contribution < -0.4 is 11.1 Å². The van der Waals surface area contributed by atoms with Crippen LogP contribution in [0, 0.1) is 0 Å². The fraction of sp³-hybridized carbons (Fsp3) is 0.222. The van der Waals surface area contributed by atoms with E-state index in [0.29, 0.717) is 11.3 Å². The molecule has 1 aromatic carbocycles. The average Bonchev–Trinajstić information content (AvgIpc) is 3.18. The first-order chi connectivity index (χ1) is 13.0. The number of fused-ring (bicyclic) bond motifs is 2. The van der Waals surface area contributed by atoms with E-state index >= 15 is 0 Å². The van der Waals surface area contributed by atoms with Gasteiger partial charge in [0.1, 0.15) is 6.04 Å². The second-order valence-corrected chi connectivity index (χ2v) is 7.17. The first-order valence-electron chi connectivity index (χ1n) is 8.33. The minimum atomic E-state index is -1.08. The van der Waals surface area contributed by atoms with Crippen LogP contribution in [0.2, 0.25) is 0 Å². The summed E-state index contributed by atoms with van der Waals surface area (Å²) in [6.45, 7) is 0.236. The standard InChI is InChI=1S/C18H16N4O4S/c19-15(23)18(26)21-4-5-22-14(8-21)16(24)20-13-2-1-10(7-12(13)17(22)25)11-3-6-27-9-11/h1-3,6-7,9,14H,4-5,8H2,(H2,19,23)(H,20,24). The van der Waals surface area contributed by atoms with Crippen molar-refractivity contribution in [3.63, 3.8) is 0 Å². The fourth-order valence-electron chi connectivity index (χ4n) is 3.40. The molecular weight excluding hydrogens is 368 g/mol. The topological polar surface area (TPSA) is 113 Å². The molecular formula is C18H16N4O4S. The van der Waals surface area contributed by atoms with Crippen LogP contribution in [0.4, 0.5) is 5.69 Å². The molecule has 3 N–H and O–H groups in total. The highest BCUT2D eigenvalue weighted by Gasteiger charge is 2.41. The van der Waals surface area contributed by atoms with Gasteiger partial charge in [0.05, 0.1) is 17.8 Å². The van der Waals surface area contributed by atoms with Crippen LogP contribution in [0.5, 0.6) is 0 Å². The number of carbonyl (C=O) groups excluding carboxylic acids is 4. The van der Waals surface area contributed by atoms with Crippen molar-refractivity contribution < 1.29 is 19.2 Å². The van der Waals surface area contributed by atoms with Crippen molar-refractivity contribution in [3.8, 4) is 11.1 Å². The third-order valence-corrected chi connectivity index (χ3v) is 5.49. The maximum absolute atomic E-state index is 13.1. The molecule has 1 unspecified atom stereocenters. The summed E-state index contributed by atoms with van der Waals surface area (Å²) in [5.41, 5.74) is 7.78. The molecule has 2 aliphatic rings. The first kappa shape index (κ1) is 17.2. The summed E-state index contributed by atoms with van der Waals surface area (Å²) in [6, 6.07) is 6.42. The lowest BCUT2D eigenvalue weighted by atomic mass is 10.0. The number of nitrogens with two attached hydrogens (primary N) is 1. The summed E-state index contributed by atoms with van der Waals surface area (Å²) in [5, 5.41) is 6.70. The number of nitrogens with one attached hydrogen (secondary N) is 1. The van der Waals surface area contributed by atoms with Gasteiger partial charge in [-0.25, -0.2) is 0 Å². The summed E-state index contributed by atoms with van der Waals surface area (Å²) in [7, 11) is 0. The smallest absolute Gasteiger partial charge is 0.311 e. The lowest BCUT2D eigenvalue weighted by molar-refractivity contribution is -0.146. The molecule has 4 amide bonds. The van der Waals surface area contributed by atoms with Crippen LogP contribution in [0.15, 0.2) is 35.0 Å². The van der Waals surface area contributed by atoms with Gasteiger partial charge in [-0.05, 0) is 40.1 Å². The molecule has 3 heterocycles. The van der Waals surface area contributed by atoms with E-state index in [4.69, 9.17) is 5.73 Å². The van der Waals surface area contributed by atoms with Crippen molar-refractivity contribution in [2.24, 2.45) is 5.73 Å². The number of amides is 4. The van der Waals surface area contributed by atoms with E-state index in [0.717, 1.165) is 11.1 Å². The van der Waals surface area contributed by atoms with Gasteiger partial charge in [0.2, 0.25) is 5.91 Å². The fourth-order valence-corrected chi connectivity index (χ4v) is 4.06. The first-order valence-corrected chi connectivity index (χ1v) is 9.27. The van der Waals surface area contributed by atoms with E-state index < -0.39 is 23.8 Å². The molecule has 1 saturated heterocycles. The summed E-state index contributed by atoms with van der Waals surface area (Å²) >= 11 is 1.56. The normalized spacial score (nSPS) is 19.0. The van der Waals surface area contributed by atoms with E-state index in [9.17, 15) is 19.2 Å². The van der Waals surface area contributed by atoms with Crippen molar-refractivity contribution >= 4 is 40.7 Å². The predicted octanol–water partition coefficient (Wildman–Crippen LogP) is 0.506. The van der Waals surface area contributed by atoms with E-state index in [-0.39, 0.29) is 25.5 Å². The molecule has 27 heavy (non-hydrogen) atoms. The van der Waals surface area contributed by atoms with E-state index in [2.05, 4.69) is 5.32 Å². The molecule has 0 saturated carbocycles. The molecule has 8 nitrogen and oxygen atoms in total. The Morgan fingerprint density at radius 1 is 1.15 bits per heavy atom. The zero-order chi connectivity index (χ0) is 19.1. The highest BCUT2D eigenvalue weighted by molar-refractivity contribution is 7.08. The van der Waals surface area contributed by atoms with Gasteiger partial charge < -0.3 is 20.9 Å². The lowest BCUT2D eigenvalue weighted by Crippen LogP contribution is -2.60. The monoisotopic (exact) mass is 384 g/mol. The number of anilines is 1. The van der Waals surface area contributed by atoms with Crippen LogP contribution in [-0.2, 0) is 14.4 Å². The van der Waals surface area contributed by atoms with Gasteiger partial charge in [-0.2, -0.15) is 11.3 Å². The molecule has 2 aliphatic heterocycles. The Morgan fingerprint density at radius 3 is 2.67 bits per heavy atom. The number of rotatable bonds is 1. The molecule has 138 valence electrons. The van der Waals surface area contributed by atoms with Gasteiger partial charge in [0.15, 0.2) is 0 Å². The summed E-state index contributed by atoms with van der Waals surface area (Å²) < 4.78 is 0. The Kier molecular flexibility index (Phi) is 4.15. The molecule has 0 radical (unpaired) electrons. The summed E-state index contributed by atoms with van der Waals surface area (Å²) in [4.78, 5) is 51.4. The molecule has 1 aromatic heterocycles. The second kappa shape index (κ2) is 6.51. The van der Waals surface area contributed by atoms with Crippen LogP contribution in [0.1, 0.15) is 10.4 Å². The zero-order valence-corrected chi connectivity index (χ0v) is 15.0. The minimum Gasteiger partial charge on any atom is -0.361 e. The quantitative estimate of drug-likeness (QED) is 0.697. The maximum Gasteiger partial charge on any atom is 0.311 e. The maximum atomic E-state index is 13.1. The van der Waals surface area contributed by atoms with E-state index in [1.54, 1.807) is 23.5 Å². The summed E-state index contributed by atoms with van der Waals surface area (Å²) in [6.07, 6.45) is 0. The Bertz CT molecular complexity index is 956. The van der Waals surface area contributed by atoms with Crippen molar-refractivity contribution in [1.82, 2.24) is 9.80 Å². The van der Waals surface area contributed by atoms with Gasteiger partial charge in [-0.15, -0.1) is 0 Å². The van der Waals surface area contributed by atoms with Crippen molar-refractivity contribution in [2.45, 2.75) is 6.04 Å². The van der Waals surface area contributed by atoms with Gasteiger partial charge >= 0.3 is 11.8 Å². The largest absolute Gasteiger partial charge is 0.361 e. The van der Waals surface area contributed by atoms with Crippen LogP contribution in [0.25, 0.3) is 11.1 Å². The van der Waals surface area contributed by atoms with Crippen LogP contribution >= 0.6 is 11.3 Å². The third kappa shape index (κ3) is 2.95. The SMILES string of the molecule is NC(=O)C(=O)N1CCN2C(=O)c3cc(-c4ccsc4)ccc3NC(=O)C2C1. The van der Waals surface area contributed by atoms with Crippen molar-refractivity contribution in [2.75, 3.05) is 25.0 Å². The number of hydrogen-bond acceptors (Lipinski definition) is 5. The third-order valence-electron chi connectivity index (χ3n) is 4.80. The van der Waals surface area contributed by atoms with Gasteiger partial charge in [0.25, 0.3) is 5.91 Å². The van der Waals surface area contributed by atoms with Gasteiger partial charge in [0, 0.05) is 13.1 Å². The number of nitrogens with zero attached hydrogens (tertiary/aromatic N) is 2. The number of carbonyl (C=O) groups is 4. The number of primary amides is 1. The van der Waals surface area contributed by atoms with Gasteiger partial charge in [-0.1, -0.05) is 6.07 Å². The second-order valence-electron chi connectivity index (χ2n) is 6.39. The minimum absolute atomic E-state index is 0.0648. The Balaban J connectivity index is 1.67. The Hall–Kier alpha value is -3.20. The number of benzene rings is 1. The predicted molar refractivity (Wildman–Crippen MR) is 99.0 cm³/mol. The molecule has 1 atom stereocenters. The lowest BCUT2D eigenvalue weighted by Gasteiger charge is -2.38. The average molecular weight is 384 g/mol. The van der Waals surface area contributed by atoms with Gasteiger partial charge in [-0.3, -0.25) is 19.2 Å². The van der Waals surface area contributed by atoms with Crippen molar-refractivity contribution in [1.29, 1.82) is 0 Å². The number of thiophene rings is 1. The van der Waals surface area contributed by atoms with Crippen LogP contribution in [-0.4, -0.2) is 59.1 Å². The molecule has 0 aliphatic carbocycles. The van der Waals surface area contributed by atoms with Crippen molar-refractivity contribution in [3.05, 3.63) is 40.6 Å².